The van der Waals surface area contributed by atoms with Gasteiger partial charge in [-0.1, -0.05) is 24.3 Å². The molecule has 1 unspecified atom stereocenters. The van der Waals surface area contributed by atoms with E-state index in [4.69, 9.17) is 9.52 Å². The van der Waals surface area contributed by atoms with Crippen LogP contribution in [-0.4, -0.2) is 17.7 Å². The summed E-state index contributed by atoms with van der Waals surface area (Å²) >= 11 is 0. The van der Waals surface area contributed by atoms with Crippen LogP contribution in [0, 0.1) is 6.92 Å². The van der Waals surface area contributed by atoms with Crippen LogP contribution in [0.15, 0.2) is 40.8 Å². The van der Waals surface area contributed by atoms with Gasteiger partial charge in [0.15, 0.2) is 0 Å². The lowest BCUT2D eigenvalue weighted by Gasteiger charge is -2.12. The van der Waals surface area contributed by atoms with Crippen LogP contribution in [0.3, 0.4) is 0 Å². The number of carbonyl (C=O) groups excluding carboxylic acids is 1. The summed E-state index contributed by atoms with van der Waals surface area (Å²) in [5.41, 5.74) is 2.00. The van der Waals surface area contributed by atoms with Crippen LogP contribution < -0.4 is 10.6 Å². The summed E-state index contributed by atoms with van der Waals surface area (Å²) in [6.45, 7) is 4.35. The average Bonchev–Trinajstić information content (AvgIpc) is 2.94. The van der Waals surface area contributed by atoms with Crippen molar-refractivity contribution in [3.8, 4) is 0 Å². The van der Waals surface area contributed by atoms with Gasteiger partial charge in [-0.15, -0.1) is 0 Å². The van der Waals surface area contributed by atoms with Gasteiger partial charge in [0.25, 0.3) is 0 Å². The second kappa shape index (κ2) is 7.66. The summed E-state index contributed by atoms with van der Waals surface area (Å²) in [6.07, 6.45) is 0.743. The summed E-state index contributed by atoms with van der Waals surface area (Å²) in [6, 6.07) is 11.0. The third kappa shape index (κ3) is 4.63. The second-order valence-corrected chi connectivity index (χ2v) is 5.29. The fourth-order valence-corrected chi connectivity index (χ4v) is 2.14. The molecule has 0 spiro atoms. The fourth-order valence-electron chi connectivity index (χ4n) is 2.14. The first-order valence-corrected chi connectivity index (χ1v) is 7.38. The van der Waals surface area contributed by atoms with E-state index < -0.39 is 0 Å². The number of amides is 2. The zero-order valence-corrected chi connectivity index (χ0v) is 12.9. The smallest absolute Gasteiger partial charge is 0.315 e. The van der Waals surface area contributed by atoms with Gasteiger partial charge in [0.2, 0.25) is 0 Å². The van der Waals surface area contributed by atoms with Gasteiger partial charge < -0.3 is 20.2 Å². The van der Waals surface area contributed by atoms with E-state index >= 15 is 0 Å². The maximum atomic E-state index is 11.8. The molecular weight excluding hydrogens is 280 g/mol. The first kappa shape index (κ1) is 16.1. The molecule has 0 bridgehead atoms. The van der Waals surface area contributed by atoms with Crippen molar-refractivity contribution in [1.29, 1.82) is 0 Å². The highest BCUT2D eigenvalue weighted by Crippen LogP contribution is 2.15. The maximum absolute atomic E-state index is 11.8. The number of hydrogen-bond donors (Lipinski definition) is 3. The number of urea groups is 1. The quantitative estimate of drug-likeness (QED) is 0.768. The lowest BCUT2D eigenvalue weighted by molar-refractivity contribution is 0.236. The molecule has 1 aromatic carbocycles. The molecule has 118 valence electrons. The Morgan fingerprint density at radius 2 is 1.86 bits per heavy atom. The van der Waals surface area contributed by atoms with E-state index in [9.17, 15) is 4.79 Å². The van der Waals surface area contributed by atoms with Crippen molar-refractivity contribution in [2.45, 2.75) is 32.9 Å². The Morgan fingerprint density at radius 1 is 1.18 bits per heavy atom. The van der Waals surface area contributed by atoms with Crippen molar-refractivity contribution in [2.75, 3.05) is 6.54 Å². The Hall–Kier alpha value is -2.27. The largest absolute Gasteiger partial charge is 0.464 e. The number of nitrogens with one attached hydrogen (secondary N) is 2. The summed E-state index contributed by atoms with van der Waals surface area (Å²) in [4.78, 5) is 11.8. The van der Waals surface area contributed by atoms with Crippen molar-refractivity contribution < 1.29 is 14.3 Å². The zero-order valence-electron chi connectivity index (χ0n) is 12.9. The number of aliphatic hydroxyl groups is 1. The number of rotatable bonds is 6. The number of aryl methyl sites for hydroxylation is 1. The lowest BCUT2D eigenvalue weighted by Crippen LogP contribution is -2.37. The van der Waals surface area contributed by atoms with Gasteiger partial charge in [-0.25, -0.2) is 4.79 Å². The van der Waals surface area contributed by atoms with Crippen molar-refractivity contribution >= 4 is 6.03 Å². The summed E-state index contributed by atoms with van der Waals surface area (Å²) in [5, 5.41) is 14.6. The van der Waals surface area contributed by atoms with Gasteiger partial charge in [-0.05, 0) is 43.5 Å². The molecule has 0 aliphatic carbocycles. The van der Waals surface area contributed by atoms with E-state index in [2.05, 4.69) is 10.6 Å². The monoisotopic (exact) mass is 302 g/mol. The molecule has 1 heterocycles. The Labute approximate surface area is 130 Å². The van der Waals surface area contributed by atoms with Gasteiger partial charge in [0, 0.05) is 6.54 Å². The van der Waals surface area contributed by atoms with Crippen LogP contribution in [0.5, 0.6) is 0 Å². The second-order valence-electron chi connectivity index (χ2n) is 5.29. The van der Waals surface area contributed by atoms with E-state index in [1.165, 1.54) is 0 Å². The van der Waals surface area contributed by atoms with E-state index in [0.29, 0.717) is 6.54 Å². The van der Waals surface area contributed by atoms with Crippen LogP contribution in [0.4, 0.5) is 4.79 Å². The van der Waals surface area contributed by atoms with Crippen LogP contribution >= 0.6 is 0 Å². The molecule has 5 heteroatoms. The SMILES string of the molecule is Cc1ccc(C(C)NC(=O)NCCc2ccc(CO)cc2)o1. The van der Waals surface area contributed by atoms with Crippen LogP contribution in [0.25, 0.3) is 0 Å². The lowest BCUT2D eigenvalue weighted by atomic mass is 10.1. The molecule has 2 amide bonds. The number of hydrogen-bond acceptors (Lipinski definition) is 3. The van der Waals surface area contributed by atoms with E-state index in [0.717, 1.165) is 29.1 Å². The Bertz CT molecular complexity index is 605. The number of aliphatic hydroxyl groups excluding tert-OH is 1. The molecule has 5 nitrogen and oxygen atoms in total. The Kier molecular flexibility index (Phi) is 5.61. The minimum Gasteiger partial charge on any atom is -0.464 e. The molecule has 0 saturated carbocycles. The molecule has 1 atom stereocenters. The fraction of sp³-hybridized carbons (Fsp3) is 0.353. The Balaban J connectivity index is 1.73. The first-order chi connectivity index (χ1) is 10.6. The van der Waals surface area contributed by atoms with Gasteiger partial charge in [0.05, 0.1) is 12.6 Å². The molecule has 0 saturated heterocycles. The highest BCUT2D eigenvalue weighted by atomic mass is 16.3. The minimum absolute atomic E-state index is 0.0467. The topological polar surface area (TPSA) is 74.5 Å². The minimum atomic E-state index is -0.214. The van der Waals surface area contributed by atoms with Gasteiger partial charge in [-0.2, -0.15) is 0 Å². The highest BCUT2D eigenvalue weighted by Gasteiger charge is 2.12. The van der Waals surface area contributed by atoms with Crippen molar-refractivity contribution in [2.24, 2.45) is 0 Å². The molecule has 1 aromatic heterocycles. The molecule has 0 fully saturated rings. The van der Waals surface area contributed by atoms with Crippen molar-refractivity contribution in [3.63, 3.8) is 0 Å². The number of carbonyl (C=O) groups is 1. The molecule has 3 N–H and O–H groups in total. The molecule has 0 aliphatic rings. The van der Waals surface area contributed by atoms with Gasteiger partial charge in [0.1, 0.15) is 11.5 Å². The number of furan rings is 1. The van der Waals surface area contributed by atoms with Gasteiger partial charge in [-0.3, -0.25) is 0 Å². The highest BCUT2D eigenvalue weighted by molar-refractivity contribution is 5.74. The van der Waals surface area contributed by atoms with E-state index in [1.54, 1.807) is 0 Å². The molecule has 2 rings (SSSR count). The Morgan fingerprint density at radius 3 is 2.45 bits per heavy atom. The van der Waals surface area contributed by atoms with E-state index in [1.807, 2.05) is 50.2 Å². The van der Waals surface area contributed by atoms with Crippen LogP contribution in [0.1, 0.15) is 35.6 Å². The predicted molar refractivity (Wildman–Crippen MR) is 84.5 cm³/mol. The molecule has 0 aliphatic heterocycles. The third-order valence-corrected chi connectivity index (χ3v) is 3.44. The van der Waals surface area contributed by atoms with Crippen molar-refractivity contribution in [1.82, 2.24) is 10.6 Å². The van der Waals surface area contributed by atoms with E-state index in [-0.39, 0.29) is 18.7 Å². The predicted octanol–water partition coefficient (Wildman–Crippen LogP) is 2.68. The van der Waals surface area contributed by atoms with Crippen LogP contribution in [0.2, 0.25) is 0 Å². The first-order valence-electron chi connectivity index (χ1n) is 7.38. The normalized spacial score (nSPS) is 12.0. The summed E-state index contributed by atoms with van der Waals surface area (Å²) in [7, 11) is 0. The number of benzene rings is 1. The molecular formula is C17H22N2O3. The summed E-state index contributed by atoms with van der Waals surface area (Å²) < 4.78 is 5.48. The van der Waals surface area contributed by atoms with Gasteiger partial charge >= 0.3 is 6.03 Å². The standard InChI is InChI=1S/C17H22N2O3/c1-12-3-8-16(22-12)13(2)19-17(21)18-10-9-14-4-6-15(11-20)7-5-14/h3-8,13,20H,9-11H2,1-2H3,(H2,18,19,21). The molecule has 22 heavy (non-hydrogen) atoms. The third-order valence-electron chi connectivity index (χ3n) is 3.44. The zero-order chi connectivity index (χ0) is 15.9. The van der Waals surface area contributed by atoms with Crippen molar-refractivity contribution in [3.05, 3.63) is 59.0 Å². The molecule has 2 aromatic rings. The maximum Gasteiger partial charge on any atom is 0.315 e. The molecule has 0 radical (unpaired) electrons. The average molecular weight is 302 g/mol. The van der Waals surface area contributed by atoms with Crippen LogP contribution in [-0.2, 0) is 13.0 Å². The summed E-state index contributed by atoms with van der Waals surface area (Å²) in [5.74, 6) is 1.57.